The third-order valence-corrected chi connectivity index (χ3v) is 7.62. The Labute approximate surface area is 174 Å². The van der Waals surface area contributed by atoms with Gasteiger partial charge in [0, 0.05) is 10.6 Å². The zero-order chi connectivity index (χ0) is 19.5. The van der Waals surface area contributed by atoms with Gasteiger partial charge < -0.3 is 0 Å². The molecule has 0 bridgehead atoms. The minimum atomic E-state index is -3.26. The smallest absolute Gasteiger partial charge is 0.210 e. The van der Waals surface area contributed by atoms with Crippen LogP contribution in [0.15, 0.2) is 84.9 Å². The van der Waals surface area contributed by atoms with Crippen LogP contribution in [-0.2, 0) is 4.57 Å². The summed E-state index contributed by atoms with van der Waals surface area (Å²) in [4.78, 5) is 0. The lowest BCUT2D eigenvalue weighted by molar-refractivity contribution is 0.562. The van der Waals surface area contributed by atoms with Gasteiger partial charge in [-0.1, -0.05) is 101 Å². The molecule has 3 rings (SSSR count). The molecule has 6 heteroatoms. The number of hydrogen-bond acceptors (Lipinski definition) is 1. The van der Waals surface area contributed by atoms with Gasteiger partial charge in [-0.05, 0) is 36.8 Å². The Kier molecular flexibility index (Phi) is 6.35. The van der Waals surface area contributed by atoms with Gasteiger partial charge in [0.15, 0.2) is 0 Å². The maximum absolute atomic E-state index is 14.2. The molecule has 0 fully saturated rings. The molecule has 3 aromatic carbocycles. The van der Waals surface area contributed by atoms with Crippen LogP contribution in [0.25, 0.3) is 0 Å². The van der Waals surface area contributed by atoms with E-state index in [4.69, 9.17) is 34.8 Å². The molecule has 1 atom stereocenters. The first-order valence-electron chi connectivity index (χ1n) is 8.43. The summed E-state index contributed by atoms with van der Waals surface area (Å²) in [5.74, 6) is 0. The summed E-state index contributed by atoms with van der Waals surface area (Å²) >= 11 is 18.9. The molecule has 0 aliphatic carbocycles. The molecule has 0 aromatic heterocycles. The van der Waals surface area contributed by atoms with Crippen LogP contribution in [0.4, 0.5) is 0 Å². The highest BCUT2D eigenvalue weighted by atomic mass is 35.6. The molecule has 27 heavy (non-hydrogen) atoms. The number of rotatable bonds is 5. The molecule has 140 valence electrons. The van der Waals surface area contributed by atoms with Crippen molar-refractivity contribution >= 4 is 52.7 Å². The first-order valence-corrected chi connectivity index (χ1v) is 11.3. The summed E-state index contributed by atoms with van der Waals surface area (Å²) in [5, 5.41) is 4.51. The fraction of sp³-hybridized carbons (Fsp3) is 0.143. The van der Waals surface area contributed by atoms with Gasteiger partial charge in [-0.25, -0.2) is 5.09 Å². The molecule has 0 radical (unpaired) electrons. The summed E-state index contributed by atoms with van der Waals surface area (Å²) in [6.07, 6.45) is 0. The Morgan fingerprint density at radius 3 is 1.63 bits per heavy atom. The maximum atomic E-state index is 14.2. The Morgan fingerprint density at radius 2 is 1.22 bits per heavy atom. The van der Waals surface area contributed by atoms with Gasteiger partial charge in [0.2, 0.25) is 11.1 Å². The van der Waals surface area contributed by atoms with E-state index in [9.17, 15) is 4.57 Å². The first kappa shape index (κ1) is 20.5. The SMILES string of the molecule is Cc1ccc(C(NP(=O)(c2ccccc2)c2ccccc2)C(Cl)(Cl)Cl)cc1. The number of alkyl halides is 3. The number of nitrogens with one attached hydrogen (secondary N) is 1. The van der Waals surface area contributed by atoms with E-state index in [1.54, 1.807) is 0 Å². The van der Waals surface area contributed by atoms with E-state index in [-0.39, 0.29) is 0 Å². The summed E-state index contributed by atoms with van der Waals surface area (Å²) < 4.78 is 12.5. The molecular weight excluding hydrogens is 420 g/mol. The van der Waals surface area contributed by atoms with Crippen LogP contribution in [-0.4, -0.2) is 3.79 Å². The highest BCUT2D eigenvalue weighted by Gasteiger charge is 2.40. The lowest BCUT2D eigenvalue weighted by Gasteiger charge is -2.31. The minimum Gasteiger partial charge on any atom is -0.297 e. The molecule has 1 N–H and O–H groups in total. The highest BCUT2D eigenvalue weighted by Crippen LogP contribution is 2.48. The molecule has 0 aliphatic heterocycles. The van der Waals surface area contributed by atoms with Crippen molar-refractivity contribution in [1.29, 1.82) is 0 Å². The highest BCUT2D eigenvalue weighted by molar-refractivity contribution is 7.76. The van der Waals surface area contributed by atoms with Crippen molar-refractivity contribution in [2.45, 2.75) is 16.8 Å². The summed E-state index contributed by atoms with van der Waals surface area (Å²) in [5.41, 5.74) is 1.85. The van der Waals surface area contributed by atoms with E-state index in [1.807, 2.05) is 91.9 Å². The molecule has 0 aliphatic rings. The topological polar surface area (TPSA) is 29.1 Å². The van der Waals surface area contributed by atoms with Crippen molar-refractivity contribution in [3.63, 3.8) is 0 Å². The average Bonchev–Trinajstić information content (AvgIpc) is 2.67. The average molecular weight is 439 g/mol. The summed E-state index contributed by atoms with van der Waals surface area (Å²) in [7, 11) is -3.26. The number of aryl methyl sites for hydroxylation is 1. The van der Waals surface area contributed by atoms with Gasteiger partial charge in [0.05, 0.1) is 6.04 Å². The van der Waals surface area contributed by atoms with Crippen molar-refractivity contribution in [1.82, 2.24) is 5.09 Å². The third-order valence-electron chi connectivity index (χ3n) is 4.29. The lowest BCUT2D eigenvalue weighted by atomic mass is 10.1. The zero-order valence-corrected chi connectivity index (χ0v) is 17.8. The molecule has 0 spiro atoms. The zero-order valence-electron chi connectivity index (χ0n) is 14.6. The van der Waals surface area contributed by atoms with Crippen molar-refractivity contribution in [3.05, 3.63) is 96.1 Å². The Balaban J connectivity index is 2.12. The van der Waals surface area contributed by atoms with Crippen molar-refractivity contribution < 1.29 is 4.57 Å². The summed E-state index contributed by atoms with van der Waals surface area (Å²) in [6.45, 7) is 1.99. The van der Waals surface area contributed by atoms with Crippen LogP contribution in [0.1, 0.15) is 17.2 Å². The van der Waals surface area contributed by atoms with Gasteiger partial charge >= 0.3 is 0 Å². The lowest BCUT2D eigenvalue weighted by Crippen LogP contribution is -2.36. The van der Waals surface area contributed by atoms with E-state index >= 15 is 0 Å². The molecule has 2 nitrogen and oxygen atoms in total. The van der Waals surface area contributed by atoms with Crippen LogP contribution >= 0.6 is 42.1 Å². The fourth-order valence-electron chi connectivity index (χ4n) is 2.85. The van der Waals surface area contributed by atoms with Crippen LogP contribution in [0.2, 0.25) is 0 Å². The second-order valence-corrected chi connectivity index (χ2v) is 11.2. The predicted octanol–water partition coefficient (Wildman–Crippen LogP) is 5.93. The second-order valence-electron chi connectivity index (χ2n) is 6.29. The number of hydrogen-bond donors (Lipinski definition) is 1. The van der Waals surface area contributed by atoms with Crippen LogP contribution in [0.5, 0.6) is 0 Å². The predicted molar refractivity (Wildman–Crippen MR) is 117 cm³/mol. The monoisotopic (exact) mass is 437 g/mol. The number of halogens is 3. The molecule has 0 heterocycles. The number of benzene rings is 3. The van der Waals surface area contributed by atoms with E-state index in [0.717, 1.165) is 11.1 Å². The van der Waals surface area contributed by atoms with Gasteiger partial charge in [0.25, 0.3) is 0 Å². The molecule has 0 saturated heterocycles. The van der Waals surface area contributed by atoms with E-state index < -0.39 is 17.1 Å². The Morgan fingerprint density at radius 1 is 0.778 bits per heavy atom. The summed E-state index contributed by atoms with van der Waals surface area (Å²) in [6, 6.07) is 25.4. The van der Waals surface area contributed by atoms with Crippen LogP contribution in [0.3, 0.4) is 0 Å². The van der Waals surface area contributed by atoms with Crippen molar-refractivity contribution in [2.75, 3.05) is 0 Å². The van der Waals surface area contributed by atoms with Gasteiger partial charge in [-0.2, -0.15) is 0 Å². The Hall–Kier alpha value is -1.28. The van der Waals surface area contributed by atoms with Gasteiger partial charge in [0.1, 0.15) is 0 Å². The standard InChI is InChI=1S/C21H19Cl3NOP/c1-16-12-14-17(15-13-16)20(21(22,23)24)25-27(26,18-8-4-2-5-9-18)19-10-6-3-7-11-19/h2-15,20H,1H3,(H,25,26). The van der Waals surface area contributed by atoms with E-state index in [1.165, 1.54) is 0 Å². The van der Waals surface area contributed by atoms with Gasteiger partial charge in [-0.3, -0.25) is 4.57 Å². The molecular formula is C21H19Cl3NOP. The first-order chi connectivity index (χ1) is 12.8. The van der Waals surface area contributed by atoms with Gasteiger partial charge in [-0.15, -0.1) is 0 Å². The molecule has 3 aromatic rings. The van der Waals surface area contributed by atoms with Crippen molar-refractivity contribution in [3.8, 4) is 0 Å². The van der Waals surface area contributed by atoms with Crippen molar-refractivity contribution in [2.24, 2.45) is 0 Å². The van der Waals surface area contributed by atoms with Crippen LogP contribution in [0, 0.1) is 6.92 Å². The Bertz CT molecular complexity index is 882. The largest absolute Gasteiger partial charge is 0.297 e. The van der Waals surface area contributed by atoms with E-state index in [2.05, 4.69) is 5.09 Å². The normalized spacial score (nSPS) is 13.3. The third kappa shape index (κ3) is 4.77. The minimum absolute atomic E-state index is 0.655. The fourth-order valence-corrected chi connectivity index (χ4v) is 6.11. The van der Waals surface area contributed by atoms with Crippen LogP contribution < -0.4 is 15.7 Å². The maximum Gasteiger partial charge on any atom is 0.210 e. The molecule has 0 amide bonds. The quantitative estimate of drug-likeness (QED) is 0.395. The molecule has 1 unspecified atom stereocenters. The second kappa shape index (κ2) is 8.39. The molecule has 0 saturated carbocycles. The van der Waals surface area contributed by atoms with E-state index in [0.29, 0.717) is 10.6 Å².